The molecule has 0 amide bonds. The first kappa shape index (κ1) is 70.3. The molecule has 21 aromatic carbocycles. The van der Waals surface area contributed by atoms with Gasteiger partial charge >= 0.3 is 0 Å². The monoisotopic (exact) mass is 1740 g/mol. The van der Waals surface area contributed by atoms with Crippen molar-refractivity contribution >= 4 is 257 Å². The van der Waals surface area contributed by atoms with Crippen LogP contribution < -0.4 is 0 Å². The average Bonchev–Trinajstić information content (AvgIpc) is 1.56. The molecule has 612 valence electrons. The number of aromatic nitrogens is 9. The molecular weight excluding hydrogens is 1660 g/mol. The van der Waals surface area contributed by atoms with Crippen molar-refractivity contribution in [3.63, 3.8) is 0 Å². The molecule has 132 heavy (non-hydrogen) atoms. The minimum absolute atomic E-state index is 0.419. The first-order chi connectivity index (χ1) is 67.2. The molecule has 0 atom stereocenters. The van der Waals surface area contributed by atoms with E-state index in [4.69, 9.17) is 34.0 Å². The van der Waals surface area contributed by atoms with Crippen molar-refractivity contribution in [3.05, 3.63) is 418 Å². The summed E-state index contributed by atoms with van der Waals surface area (Å²) < 4.78 is 49.1. The summed E-state index contributed by atoms with van der Waals surface area (Å²) in [6.07, 6.45) is 0. The summed E-state index contributed by atoms with van der Waals surface area (Å²) in [5, 5.41) is 30.5. The van der Waals surface area contributed by atoms with E-state index in [-0.39, 0.29) is 0 Å². The number of benzene rings is 21. The molecule has 0 saturated carbocycles. The summed E-state index contributed by atoms with van der Waals surface area (Å²) in [4.78, 5) is 31.8. The highest BCUT2D eigenvalue weighted by atomic mass is 32.1. The third kappa shape index (κ3) is 11.1. The molecule has 0 aliphatic rings. The summed E-state index contributed by atoms with van der Waals surface area (Å²) >= 11 is 5.19. The predicted octanol–water partition coefficient (Wildman–Crippen LogP) is 33.2. The fourth-order valence-corrected chi connectivity index (χ4v) is 24.8. The van der Waals surface area contributed by atoms with Crippen molar-refractivity contribution in [2.75, 3.05) is 0 Å². The van der Waals surface area contributed by atoms with Gasteiger partial charge in [0.2, 0.25) is 17.8 Å². The van der Waals surface area contributed by atoms with Gasteiger partial charge in [-0.15, -0.1) is 34.0 Å². The molecule has 30 rings (SSSR count). The number of hydrogen-bond acceptors (Lipinski definition) is 9. The lowest BCUT2D eigenvalue weighted by atomic mass is 9.97. The van der Waals surface area contributed by atoms with Crippen LogP contribution in [0.15, 0.2) is 418 Å². The van der Waals surface area contributed by atoms with E-state index in [0.717, 1.165) is 178 Å². The highest BCUT2D eigenvalue weighted by molar-refractivity contribution is 7.28. The maximum Gasteiger partial charge on any atom is 0.235 e. The highest BCUT2D eigenvalue weighted by Crippen LogP contribution is 2.54. The van der Waals surface area contributed by atoms with Gasteiger partial charge in [-0.05, 0) is 119 Å². The summed E-state index contributed by atoms with van der Waals surface area (Å²) in [7, 11) is 0. The number of para-hydroxylation sites is 3. The molecule has 9 aromatic heterocycles. The lowest BCUT2D eigenvalue weighted by Gasteiger charge is -2.12. The summed E-state index contributed by atoms with van der Waals surface area (Å²) in [6, 6.07) is 138. The van der Waals surface area contributed by atoms with E-state index in [1.54, 1.807) is 34.0 Å². The molecule has 0 fully saturated rings. The average molecular weight is 1740 g/mol. The third-order valence-corrected chi connectivity index (χ3v) is 30.1. The molecule has 0 unspecified atom stereocenters. The van der Waals surface area contributed by atoms with Gasteiger partial charge in [-0.2, -0.15) is 0 Å². The van der Waals surface area contributed by atoms with E-state index in [2.05, 4.69) is 299 Å². The van der Waals surface area contributed by atoms with E-state index >= 15 is 0 Å². The van der Waals surface area contributed by atoms with Gasteiger partial charge in [0.25, 0.3) is 0 Å². The molecule has 0 bridgehead atoms. The zero-order chi connectivity index (χ0) is 89.8. The zero-order valence-electron chi connectivity index (χ0n) is 74.3. The van der Waals surface area contributed by atoms with E-state index in [1.165, 1.54) is 79.4 Å². The van der Waals surface area contributed by atoms with E-state index in [0.29, 0.717) is 42.0 Å². The lowest BCUT2D eigenvalue weighted by Crippen LogP contribution is -2.03. The fraction of sp³-hybridized carbons (Fsp3) is 0. The van der Waals surface area contributed by atoms with Crippen LogP contribution in [0.3, 0.4) is 0 Å². The molecule has 9 nitrogen and oxygen atoms in total. The standard InChI is InChI=1S/3C40H23N3S/c3*1-2-13-25(14-3-1)37-29-18-8-10-20-31(29)41-40(42-37)43-32-23-22-24-12-4-5-15-26(24)35(32)36-28-17-7-6-16-27(28)34-30-19-9-11-21-33(30)44-39(34)38(36)43/h3*1-23H/i21D,23D;19D;9D. The SMILES string of the molecule is [2H]c1ccc2sc3c(c2c1)c1ccccc1c1c2c4ccccc4ccc2n(-c2nc(-c4ccccc4)c4ccccc4n2)c31.[2H]c1cccc2c1sc1c2c2ccccc2c2c3c4ccccc4cc([2H])c3n(-c3nc(-c4ccccc4)c4ccccc4n3)c12.[2H]c1cccc2sc3c(c4ccccc4c4c5c6ccccc6ccc5n(-c5nc(-c6ccccc6)c6ccccc6n5)c34)c12. The highest BCUT2D eigenvalue weighted by Gasteiger charge is 2.30. The van der Waals surface area contributed by atoms with Gasteiger partial charge in [0.05, 0.1) is 86.3 Å². The van der Waals surface area contributed by atoms with Gasteiger partial charge in [0.15, 0.2) is 0 Å². The summed E-state index contributed by atoms with van der Waals surface area (Å²) in [6.45, 7) is 0. The Morgan fingerprint density at radius 2 is 0.492 bits per heavy atom. The van der Waals surface area contributed by atoms with Crippen molar-refractivity contribution in [1.29, 1.82) is 0 Å². The molecular formula is C120H69N9S3. The maximum absolute atomic E-state index is 9.50. The normalized spacial score (nSPS) is 12.5. The van der Waals surface area contributed by atoms with Crippen LogP contribution in [-0.4, -0.2) is 43.6 Å². The molecule has 0 N–H and O–H groups in total. The van der Waals surface area contributed by atoms with E-state index < -0.39 is 0 Å². The minimum atomic E-state index is 0.419. The smallest absolute Gasteiger partial charge is 0.235 e. The second-order valence-corrected chi connectivity index (χ2v) is 36.8. The Balaban J connectivity index is 0.000000101. The number of nitrogens with zero attached hydrogens (tertiary/aromatic N) is 9. The number of fused-ring (bicyclic) bond motifs is 39. The summed E-state index contributed by atoms with van der Waals surface area (Å²) in [5.74, 6) is 1.82. The van der Waals surface area contributed by atoms with Gasteiger partial charge in [0.1, 0.15) is 0 Å². The van der Waals surface area contributed by atoms with Crippen LogP contribution in [0.5, 0.6) is 0 Å². The van der Waals surface area contributed by atoms with Gasteiger partial charge < -0.3 is 0 Å². The molecule has 30 aromatic rings. The van der Waals surface area contributed by atoms with Crippen molar-refractivity contribution in [2.24, 2.45) is 0 Å². The van der Waals surface area contributed by atoms with Gasteiger partial charge in [-0.3, -0.25) is 13.7 Å². The van der Waals surface area contributed by atoms with Gasteiger partial charge in [0, 0.05) is 112 Å². The first-order valence-electron chi connectivity index (χ1n) is 46.2. The second-order valence-electron chi connectivity index (χ2n) is 33.7. The zero-order valence-corrected chi connectivity index (χ0v) is 72.7. The second kappa shape index (κ2) is 29.4. The van der Waals surface area contributed by atoms with E-state index in [1.807, 2.05) is 109 Å². The van der Waals surface area contributed by atoms with Crippen molar-refractivity contribution in [3.8, 4) is 51.6 Å². The van der Waals surface area contributed by atoms with Crippen LogP contribution in [0.25, 0.3) is 275 Å². The maximum atomic E-state index is 9.50. The molecule has 0 spiro atoms. The van der Waals surface area contributed by atoms with Crippen molar-refractivity contribution in [2.45, 2.75) is 0 Å². The van der Waals surface area contributed by atoms with Crippen LogP contribution in [0.4, 0.5) is 0 Å². The summed E-state index contributed by atoms with van der Waals surface area (Å²) in [5.41, 5.74) is 14.6. The molecule has 0 radical (unpaired) electrons. The van der Waals surface area contributed by atoms with E-state index in [9.17, 15) is 1.37 Å². The van der Waals surface area contributed by atoms with Crippen LogP contribution in [0.2, 0.25) is 0 Å². The molecule has 0 saturated heterocycles. The van der Waals surface area contributed by atoms with Crippen molar-refractivity contribution < 1.29 is 5.48 Å². The fourth-order valence-electron chi connectivity index (χ4n) is 21.1. The Bertz CT molecular complexity index is 10400. The Labute approximate surface area is 770 Å². The predicted molar refractivity (Wildman–Crippen MR) is 562 cm³/mol. The van der Waals surface area contributed by atoms with Gasteiger partial charge in [-0.25, -0.2) is 29.9 Å². The number of thiophene rings is 3. The van der Waals surface area contributed by atoms with Crippen LogP contribution >= 0.6 is 34.0 Å². The quantitative estimate of drug-likeness (QED) is 0.165. The Hall–Kier alpha value is -16.7. The Morgan fingerprint density at radius 1 is 0.189 bits per heavy atom. The number of rotatable bonds is 6. The molecule has 9 heterocycles. The Morgan fingerprint density at radius 3 is 0.932 bits per heavy atom. The van der Waals surface area contributed by atoms with Crippen molar-refractivity contribution in [1.82, 2.24) is 43.6 Å². The third-order valence-electron chi connectivity index (χ3n) is 26.6. The van der Waals surface area contributed by atoms with Gasteiger partial charge in [-0.1, -0.05) is 364 Å². The molecule has 12 heteroatoms. The van der Waals surface area contributed by atoms with Crippen LogP contribution in [0, 0.1) is 0 Å². The van der Waals surface area contributed by atoms with Crippen LogP contribution in [-0.2, 0) is 0 Å². The molecule has 0 aliphatic carbocycles. The molecule has 0 aliphatic heterocycles. The largest absolute Gasteiger partial charge is 0.276 e. The first-order valence-corrected chi connectivity index (χ1v) is 46.7. The Kier molecular flexibility index (Phi) is 15.7. The minimum Gasteiger partial charge on any atom is -0.276 e. The number of hydrogen-bond donors (Lipinski definition) is 0. The topological polar surface area (TPSA) is 92.1 Å². The lowest BCUT2D eigenvalue weighted by molar-refractivity contribution is 1.02. The van der Waals surface area contributed by atoms with Crippen LogP contribution in [0.1, 0.15) is 5.48 Å².